The van der Waals surface area contributed by atoms with Crippen molar-refractivity contribution < 1.29 is 9.90 Å². The molecule has 1 aromatic rings. The number of hydrogen-bond acceptors (Lipinski definition) is 2. The SMILES string of the molecule is CCN(C)C(=O)Cn1cccc1C(C)O. The summed E-state index contributed by atoms with van der Waals surface area (Å²) in [6, 6.07) is 3.66. The summed E-state index contributed by atoms with van der Waals surface area (Å²) in [5.41, 5.74) is 0.771. The van der Waals surface area contributed by atoms with Crippen LogP contribution in [0.3, 0.4) is 0 Å². The Balaban J connectivity index is 2.72. The molecule has 0 aliphatic carbocycles. The summed E-state index contributed by atoms with van der Waals surface area (Å²) in [5, 5.41) is 9.46. The van der Waals surface area contributed by atoms with E-state index in [2.05, 4.69) is 0 Å². The highest BCUT2D eigenvalue weighted by Crippen LogP contribution is 2.12. The molecule has 0 aliphatic rings. The molecule has 0 saturated heterocycles. The van der Waals surface area contributed by atoms with Gasteiger partial charge in [0, 0.05) is 25.5 Å². The van der Waals surface area contributed by atoms with E-state index in [-0.39, 0.29) is 12.5 Å². The molecule has 0 saturated carbocycles. The minimum Gasteiger partial charge on any atom is -0.387 e. The Hall–Kier alpha value is -1.29. The Bertz CT molecular complexity index is 331. The molecule has 0 bridgehead atoms. The Kier molecular flexibility index (Phi) is 3.91. The molecule has 1 N–H and O–H groups in total. The Morgan fingerprint density at radius 1 is 1.67 bits per heavy atom. The standard InChI is InChI=1S/C11H18N2O2/c1-4-12(3)11(15)8-13-7-5-6-10(13)9(2)14/h5-7,9,14H,4,8H2,1-3H3. The smallest absolute Gasteiger partial charge is 0.242 e. The summed E-state index contributed by atoms with van der Waals surface area (Å²) in [7, 11) is 1.77. The predicted molar refractivity (Wildman–Crippen MR) is 58.4 cm³/mol. The van der Waals surface area contributed by atoms with Crippen molar-refractivity contribution in [3.05, 3.63) is 24.0 Å². The van der Waals surface area contributed by atoms with Gasteiger partial charge in [-0.2, -0.15) is 0 Å². The molecule has 1 rings (SSSR count). The number of aliphatic hydroxyl groups is 1. The second-order valence-corrected chi connectivity index (χ2v) is 3.64. The first-order chi connectivity index (χ1) is 7.06. The molecule has 0 aliphatic heterocycles. The van der Waals surface area contributed by atoms with Crippen molar-refractivity contribution in [1.29, 1.82) is 0 Å². The van der Waals surface area contributed by atoms with Crippen LogP contribution in [-0.2, 0) is 11.3 Å². The number of likely N-dealkylation sites (N-methyl/N-ethyl adjacent to an activating group) is 1. The summed E-state index contributed by atoms with van der Waals surface area (Å²) < 4.78 is 1.78. The molecule has 15 heavy (non-hydrogen) atoms. The zero-order valence-corrected chi connectivity index (χ0v) is 9.47. The lowest BCUT2D eigenvalue weighted by Crippen LogP contribution is -2.30. The maximum absolute atomic E-state index is 11.6. The van der Waals surface area contributed by atoms with Crippen LogP contribution in [0.2, 0.25) is 0 Å². The molecule has 1 heterocycles. The average molecular weight is 210 g/mol. The number of aliphatic hydroxyl groups excluding tert-OH is 1. The number of nitrogens with zero attached hydrogens (tertiary/aromatic N) is 2. The molecule has 0 aromatic carbocycles. The van der Waals surface area contributed by atoms with Gasteiger partial charge in [-0.1, -0.05) is 0 Å². The molecule has 0 fully saturated rings. The van der Waals surface area contributed by atoms with Crippen LogP contribution in [0.1, 0.15) is 25.6 Å². The quantitative estimate of drug-likeness (QED) is 0.806. The maximum Gasteiger partial charge on any atom is 0.242 e. The number of amides is 1. The molecule has 84 valence electrons. The number of carbonyl (C=O) groups is 1. The third-order valence-electron chi connectivity index (χ3n) is 2.50. The van der Waals surface area contributed by atoms with Gasteiger partial charge in [-0.3, -0.25) is 4.79 Å². The van der Waals surface area contributed by atoms with Crippen LogP contribution >= 0.6 is 0 Å². The van der Waals surface area contributed by atoms with Crippen molar-refractivity contribution in [1.82, 2.24) is 9.47 Å². The van der Waals surface area contributed by atoms with Crippen molar-refractivity contribution >= 4 is 5.91 Å². The molecule has 4 heteroatoms. The fraction of sp³-hybridized carbons (Fsp3) is 0.545. The fourth-order valence-electron chi connectivity index (χ4n) is 1.39. The first-order valence-electron chi connectivity index (χ1n) is 5.13. The van der Waals surface area contributed by atoms with Gasteiger partial charge in [0.05, 0.1) is 6.10 Å². The lowest BCUT2D eigenvalue weighted by Gasteiger charge is -2.17. The van der Waals surface area contributed by atoms with E-state index in [1.807, 2.05) is 25.3 Å². The van der Waals surface area contributed by atoms with Crippen LogP contribution in [0.25, 0.3) is 0 Å². The van der Waals surface area contributed by atoms with E-state index in [1.165, 1.54) is 0 Å². The van der Waals surface area contributed by atoms with Crippen LogP contribution in [0.4, 0.5) is 0 Å². The topological polar surface area (TPSA) is 45.5 Å². The summed E-state index contributed by atoms with van der Waals surface area (Å²) >= 11 is 0. The average Bonchev–Trinajstić information content (AvgIpc) is 2.64. The van der Waals surface area contributed by atoms with Gasteiger partial charge >= 0.3 is 0 Å². The zero-order chi connectivity index (χ0) is 11.4. The first-order valence-corrected chi connectivity index (χ1v) is 5.13. The van der Waals surface area contributed by atoms with Crippen LogP contribution in [0.15, 0.2) is 18.3 Å². The van der Waals surface area contributed by atoms with Crippen LogP contribution in [-0.4, -0.2) is 34.1 Å². The third-order valence-corrected chi connectivity index (χ3v) is 2.50. The van der Waals surface area contributed by atoms with Crippen molar-refractivity contribution in [3.63, 3.8) is 0 Å². The van der Waals surface area contributed by atoms with Gasteiger partial charge < -0.3 is 14.6 Å². The predicted octanol–water partition coefficient (Wildman–Crippen LogP) is 1.02. The number of rotatable bonds is 4. The van der Waals surface area contributed by atoms with Crippen LogP contribution in [0, 0.1) is 0 Å². The second-order valence-electron chi connectivity index (χ2n) is 3.64. The first kappa shape index (κ1) is 11.8. The lowest BCUT2D eigenvalue weighted by molar-refractivity contribution is -0.130. The summed E-state index contributed by atoms with van der Waals surface area (Å²) in [4.78, 5) is 13.3. The van der Waals surface area contributed by atoms with Gasteiger partial charge in [0.1, 0.15) is 6.54 Å². The van der Waals surface area contributed by atoms with Crippen LogP contribution in [0.5, 0.6) is 0 Å². The highest BCUT2D eigenvalue weighted by Gasteiger charge is 2.11. The molecule has 0 spiro atoms. The van der Waals surface area contributed by atoms with E-state index in [1.54, 1.807) is 23.4 Å². The van der Waals surface area contributed by atoms with E-state index in [4.69, 9.17) is 0 Å². The van der Waals surface area contributed by atoms with Gasteiger partial charge in [0.25, 0.3) is 0 Å². The molecule has 1 amide bonds. The van der Waals surface area contributed by atoms with Crippen molar-refractivity contribution in [2.45, 2.75) is 26.5 Å². The number of hydrogen-bond donors (Lipinski definition) is 1. The van der Waals surface area contributed by atoms with E-state index < -0.39 is 6.10 Å². The molecule has 0 radical (unpaired) electrons. The van der Waals surface area contributed by atoms with E-state index in [0.717, 1.165) is 5.69 Å². The highest BCUT2D eigenvalue weighted by atomic mass is 16.3. The van der Waals surface area contributed by atoms with Crippen molar-refractivity contribution in [3.8, 4) is 0 Å². The van der Waals surface area contributed by atoms with E-state index >= 15 is 0 Å². The third kappa shape index (κ3) is 2.83. The molecular formula is C11H18N2O2. The largest absolute Gasteiger partial charge is 0.387 e. The monoisotopic (exact) mass is 210 g/mol. The lowest BCUT2D eigenvalue weighted by atomic mass is 10.3. The number of aromatic nitrogens is 1. The van der Waals surface area contributed by atoms with Crippen molar-refractivity contribution in [2.75, 3.05) is 13.6 Å². The van der Waals surface area contributed by atoms with Gasteiger partial charge in [0.2, 0.25) is 5.91 Å². The minimum absolute atomic E-state index is 0.0515. The molecule has 1 aromatic heterocycles. The van der Waals surface area contributed by atoms with Gasteiger partial charge in [-0.15, -0.1) is 0 Å². The van der Waals surface area contributed by atoms with Crippen LogP contribution < -0.4 is 0 Å². The Morgan fingerprint density at radius 3 is 2.87 bits per heavy atom. The minimum atomic E-state index is -0.542. The molecular weight excluding hydrogens is 192 g/mol. The zero-order valence-electron chi connectivity index (χ0n) is 9.47. The van der Waals surface area contributed by atoms with Gasteiger partial charge in [-0.05, 0) is 26.0 Å². The second kappa shape index (κ2) is 4.98. The Labute approximate surface area is 90.1 Å². The fourth-order valence-corrected chi connectivity index (χ4v) is 1.39. The highest BCUT2D eigenvalue weighted by molar-refractivity contribution is 5.75. The number of carbonyl (C=O) groups excluding carboxylic acids is 1. The van der Waals surface area contributed by atoms with E-state index in [0.29, 0.717) is 6.54 Å². The molecule has 1 atom stereocenters. The summed E-state index contributed by atoms with van der Waals surface area (Å²) in [6.45, 7) is 4.62. The Morgan fingerprint density at radius 2 is 2.33 bits per heavy atom. The van der Waals surface area contributed by atoms with Crippen molar-refractivity contribution in [2.24, 2.45) is 0 Å². The summed E-state index contributed by atoms with van der Waals surface area (Å²) in [5.74, 6) is 0.0515. The van der Waals surface area contributed by atoms with E-state index in [9.17, 15) is 9.90 Å². The van der Waals surface area contributed by atoms with Gasteiger partial charge in [-0.25, -0.2) is 0 Å². The normalized spacial score (nSPS) is 12.5. The molecule has 4 nitrogen and oxygen atoms in total. The summed E-state index contributed by atoms with van der Waals surface area (Å²) in [6.07, 6.45) is 1.27. The maximum atomic E-state index is 11.6. The van der Waals surface area contributed by atoms with Gasteiger partial charge in [0.15, 0.2) is 0 Å². The molecule has 1 unspecified atom stereocenters.